The van der Waals surface area contributed by atoms with Gasteiger partial charge in [0, 0.05) is 12.6 Å². The molecule has 3 nitrogen and oxygen atoms in total. The lowest BCUT2D eigenvalue weighted by Crippen LogP contribution is -2.32. The summed E-state index contributed by atoms with van der Waals surface area (Å²) in [4.78, 5) is 25.0. The van der Waals surface area contributed by atoms with Gasteiger partial charge in [0.15, 0.2) is 0 Å². The Morgan fingerprint density at radius 2 is 1.86 bits per heavy atom. The lowest BCUT2D eigenvalue weighted by Gasteiger charge is -2.32. The van der Waals surface area contributed by atoms with Gasteiger partial charge < -0.3 is 0 Å². The van der Waals surface area contributed by atoms with Crippen molar-refractivity contribution in [3.8, 4) is 0 Å². The molecule has 1 aliphatic carbocycles. The fourth-order valence-electron chi connectivity index (χ4n) is 3.57. The standard InChI is InChI=1S/C25H37NO2S/c1-7-8-17-26(24(28)29)23(27)18-20(3)12-9-11-19(2)14-15-22-21(4)13-10-16-25(22,5)6/h9,11-12,14-15,18H,7-8,10,13,16-17H2,1-6H3,(H,28,29)/b12-9+,15-14+,19-11+,20-18+. The molecule has 0 N–H and O–H groups in total. The van der Waals surface area contributed by atoms with E-state index in [1.54, 1.807) is 0 Å². The summed E-state index contributed by atoms with van der Waals surface area (Å²) in [6.07, 6.45) is 17.1. The van der Waals surface area contributed by atoms with Gasteiger partial charge in [-0.25, -0.2) is 0 Å². The number of imide groups is 1. The Morgan fingerprint density at radius 1 is 1.17 bits per heavy atom. The number of unbranched alkanes of at least 4 members (excludes halogenated alkanes) is 1. The normalized spacial score (nSPS) is 18.0. The maximum Gasteiger partial charge on any atom is 0.285 e. The average Bonchev–Trinajstić information content (AvgIpc) is 2.60. The minimum absolute atomic E-state index is 0.239. The third kappa shape index (κ3) is 8.61. The maximum absolute atomic E-state index is 12.3. The molecule has 160 valence electrons. The van der Waals surface area contributed by atoms with E-state index in [4.69, 9.17) is 0 Å². The third-order valence-electron chi connectivity index (χ3n) is 5.36. The number of carbonyl (C=O) groups is 2. The predicted molar refractivity (Wildman–Crippen MR) is 127 cm³/mol. The molecule has 1 rings (SSSR count). The Hall–Kier alpha value is -1.81. The molecule has 0 saturated heterocycles. The molecule has 0 bridgehead atoms. The molecule has 0 saturated carbocycles. The molecule has 0 aliphatic heterocycles. The fraction of sp³-hybridized carbons (Fsp3) is 0.520. The zero-order valence-electron chi connectivity index (χ0n) is 18.9. The van der Waals surface area contributed by atoms with Crippen LogP contribution in [0.3, 0.4) is 0 Å². The quantitative estimate of drug-likeness (QED) is 0.259. The summed E-state index contributed by atoms with van der Waals surface area (Å²) in [5.41, 5.74) is 5.13. The van der Waals surface area contributed by atoms with Crippen LogP contribution >= 0.6 is 12.6 Å². The SMILES string of the molecule is CCCCN(C(=O)S)C(=O)/C=C(C)/C=C/C=C(C)/C=C/C1=C(C)CCCC1(C)C. The van der Waals surface area contributed by atoms with E-state index in [-0.39, 0.29) is 11.3 Å². The minimum Gasteiger partial charge on any atom is -0.270 e. The van der Waals surface area contributed by atoms with Gasteiger partial charge in [-0.3, -0.25) is 14.5 Å². The molecule has 0 aromatic heterocycles. The van der Waals surface area contributed by atoms with E-state index in [2.05, 4.69) is 52.5 Å². The molecule has 0 heterocycles. The van der Waals surface area contributed by atoms with Gasteiger partial charge in [0.2, 0.25) is 0 Å². The molecule has 29 heavy (non-hydrogen) atoms. The van der Waals surface area contributed by atoms with Crippen molar-refractivity contribution in [2.24, 2.45) is 5.41 Å². The lowest BCUT2D eigenvalue weighted by molar-refractivity contribution is -0.122. The molecule has 0 fully saturated rings. The summed E-state index contributed by atoms with van der Waals surface area (Å²) in [7, 11) is 0. The maximum atomic E-state index is 12.3. The monoisotopic (exact) mass is 415 g/mol. The first-order valence-corrected chi connectivity index (χ1v) is 11.0. The van der Waals surface area contributed by atoms with Gasteiger partial charge in [0.25, 0.3) is 11.1 Å². The van der Waals surface area contributed by atoms with Crippen molar-refractivity contribution in [3.05, 3.63) is 58.7 Å². The van der Waals surface area contributed by atoms with Crippen molar-refractivity contribution >= 4 is 23.8 Å². The highest BCUT2D eigenvalue weighted by atomic mass is 32.1. The van der Waals surface area contributed by atoms with Gasteiger partial charge in [-0.15, -0.1) is 0 Å². The van der Waals surface area contributed by atoms with Crippen LogP contribution in [-0.2, 0) is 4.79 Å². The van der Waals surface area contributed by atoms with Crippen molar-refractivity contribution in [1.82, 2.24) is 4.90 Å². The number of thiol groups is 1. The number of hydrogen-bond donors (Lipinski definition) is 1. The second kappa shape index (κ2) is 12.0. The van der Waals surface area contributed by atoms with Crippen LogP contribution in [0.4, 0.5) is 4.79 Å². The molecular weight excluding hydrogens is 378 g/mol. The molecular formula is C25H37NO2S. The Bertz CT molecular complexity index is 751. The smallest absolute Gasteiger partial charge is 0.270 e. The van der Waals surface area contributed by atoms with Gasteiger partial charge in [-0.05, 0) is 63.0 Å². The zero-order valence-corrected chi connectivity index (χ0v) is 19.8. The van der Waals surface area contributed by atoms with Gasteiger partial charge in [0.1, 0.15) is 0 Å². The van der Waals surface area contributed by atoms with Crippen molar-refractivity contribution < 1.29 is 9.59 Å². The molecule has 0 unspecified atom stereocenters. The highest BCUT2D eigenvalue weighted by Crippen LogP contribution is 2.40. The molecule has 1 aliphatic rings. The van der Waals surface area contributed by atoms with Crippen molar-refractivity contribution in [1.29, 1.82) is 0 Å². The Labute approximate surface area is 182 Å². The molecule has 0 radical (unpaired) electrons. The van der Waals surface area contributed by atoms with Gasteiger partial charge in [-0.2, -0.15) is 0 Å². The first-order chi connectivity index (χ1) is 13.6. The van der Waals surface area contributed by atoms with Crippen LogP contribution in [-0.4, -0.2) is 22.6 Å². The first-order valence-electron chi connectivity index (χ1n) is 10.5. The second-order valence-electron chi connectivity index (χ2n) is 8.55. The fourth-order valence-corrected chi connectivity index (χ4v) is 3.77. The van der Waals surface area contributed by atoms with E-state index in [1.807, 2.05) is 32.1 Å². The van der Waals surface area contributed by atoms with E-state index in [0.717, 1.165) is 24.0 Å². The third-order valence-corrected chi connectivity index (χ3v) is 5.60. The minimum atomic E-state index is -0.507. The second-order valence-corrected chi connectivity index (χ2v) is 8.93. The van der Waals surface area contributed by atoms with Crippen LogP contribution in [0.15, 0.2) is 58.7 Å². The highest BCUT2D eigenvalue weighted by molar-refractivity contribution is 7.96. The van der Waals surface area contributed by atoms with E-state index >= 15 is 0 Å². The largest absolute Gasteiger partial charge is 0.285 e. The van der Waals surface area contributed by atoms with Crippen molar-refractivity contribution in [2.45, 2.75) is 73.6 Å². The van der Waals surface area contributed by atoms with Crippen LogP contribution < -0.4 is 0 Å². The van der Waals surface area contributed by atoms with Crippen LogP contribution in [0.25, 0.3) is 0 Å². The zero-order chi connectivity index (χ0) is 22.0. The van der Waals surface area contributed by atoms with Crippen molar-refractivity contribution in [2.75, 3.05) is 6.54 Å². The summed E-state index contributed by atoms with van der Waals surface area (Å²) >= 11 is 3.81. The van der Waals surface area contributed by atoms with E-state index < -0.39 is 5.24 Å². The van der Waals surface area contributed by atoms with Crippen LogP contribution in [0.5, 0.6) is 0 Å². The van der Waals surface area contributed by atoms with E-state index in [0.29, 0.717) is 6.54 Å². The summed E-state index contributed by atoms with van der Waals surface area (Å²) in [5, 5.41) is -0.507. The topological polar surface area (TPSA) is 37.4 Å². The number of amides is 2. The van der Waals surface area contributed by atoms with Gasteiger partial charge in [0.05, 0.1) is 0 Å². The van der Waals surface area contributed by atoms with E-state index in [1.165, 1.54) is 41.4 Å². The van der Waals surface area contributed by atoms with Crippen LogP contribution in [0, 0.1) is 5.41 Å². The molecule has 0 aromatic rings. The summed E-state index contributed by atoms with van der Waals surface area (Å²) in [5.74, 6) is -0.317. The lowest BCUT2D eigenvalue weighted by atomic mass is 9.72. The number of carbonyl (C=O) groups excluding carboxylic acids is 2. The first kappa shape index (κ1) is 25.2. The summed E-state index contributed by atoms with van der Waals surface area (Å²) in [6.45, 7) is 13.2. The molecule has 0 aromatic carbocycles. The number of hydrogen-bond acceptors (Lipinski definition) is 2. The molecule has 0 atom stereocenters. The Morgan fingerprint density at radius 3 is 2.45 bits per heavy atom. The number of rotatable bonds is 8. The molecule has 0 spiro atoms. The van der Waals surface area contributed by atoms with Crippen LogP contribution in [0.1, 0.15) is 73.6 Å². The molecule has 4 heteroatoms. The van der Waals surface area contributed by atoms with Crippen molar-refractivity contribution in [3.63, 3.8) is 0 Å². The van der Waals surface area contributed by atoms with Gasteiger partial charge in [-0.1, -0.05) is 81.3 Å². The Kier molecular flexibility index (Phi) is 10.5. The van der Waals surface area contributed by atoms with Crippen LogP contribution in [0.2, 0.25) is 0 Å². The predicted octanol–water partition coefficient (Wildman–Crippen LogP) is 7.20. The average molecular weight is 416 g/mol. The van der Waals surface area contributed by atoms with E-state index in [9.17, 15) is 9.59 Å². The molecule has 2 amide bonds. The number of nitrogens with zero attached hydrogens (tertiary/aromatic N) is 1. The summed E-state index contributed by atoms with van der Waals surface area (Å²) < 4.78 is 0. The Balaban J connectivity index is 2.79. The summed E-state index contributed by atoms with van der Waals surface area (Å²) in [6, 6.07) is 0. The highest BCUT2D eigenvalue weighted by Gasteiger charge is 2.26. The van der Waals surface area contributed by atoms with Gasteiger partial charge >= 0.3 is 0 Å². The number of allylic oxidation sites excluding steroid dienone is 9.